The monoisotopic (exact) mass is 521 g/mol. The zero-order valence-corrected chi connectivity index (χ0v) is 23.5. The van der Waals surface area contributed by atoms with Crippen LogP contribution in [0.3, 0.4) is 0 Å². The SMILES string of the molecule is CNC[C@H](CC(C)C)NC(=O)N1CCC[C@@H](C(O)(CCCC2CC2)c2ccccc2Oc2ccccc2)C1. The van der Waals surface area contributed by atoms with E-state index in [1.54, 1.807) is 0 Å². The fourth-order valence-corrected chi connectivity index (χ4v) is 5.98. The second-order valence-electron chi connectivity index (χ2n) is 11.8. The van der Waals surface area contributed by atoms with Gasteiger partial charge in [0.2, 0.25) is 0 Å². The third kappa shape index (κ3) is 7.73. The van der Waals surface area contributed by atoms with E-state index in [1.807, 2.05) is 66.5 Å². The average molecular weight is 522 g/mol. The van der Waals surface area contributed by atoms with E-state index in [0.29, 0.717) is 24.6 Å². The molecule has 0 spiro atoms. The lowest BCUT2D eigenvalue weighted by atomic mass is 9.73. The Bertz CT molecular complexity index is 1010. The summed E-state index contributed by atoms with van der Waals surface area (Å²) < 4.78 is 6.32. The van der Waals surface area contributed by atoms with Gasteiger partial charge in [-0.25, -0.2) is 4.79 Å². The van der Waals surface area contributed by atoms with Gasteiger partial charge in [-0.1, -0.05) is 69.5 Å². The zero-order valence-electron chi connectivity index (χ0n) is 23.5. The molecular weight excluding hydrogens is 474 g/mol. The highest BCUT2D eigenvalue weighted by Gasteiger charge is 2.43. The van der Waals surface area contributed by atoms with Crippen molar-refractivity contribution < 1.29 is 14.6 Å². The molecule has 208 valence electrons. The van der Waals surface area contributed by atoms with E-state index < -0.39 is 5.60 Å². The van der Waals surface area contributed by atoms with Crippen molar-refractivity contribution >= 4 is 6.03 Å². The van der Waals surface area contributed by atoms with Crippen molar-refractivity contribution in [1.82, 2.24) is 15.5 Å². The lowest BCUT2D eigenvalue weighted by molar-refractivity contribution is -0.0570. The largest absolute Gasteiger partial charge is 0.457 e. The minimum atomic E-state index is -1.07. The third-order valence-corrected chi connectivity index (χ3v) is 8.11. The van der Waals surface area contributed by atoms with Crippen LogP contribution in [0.15, 0.2) is 54.6 Å². The van der Waals surface area contributed by atoms with Gasteiger partial charge in [0.1, 0.15) is 11.5 Å². The molecule has 1 saturated heterocycles. The average Bonchev–Trinajstić information content (AvgIpc) is 3.74. The van der Waals surface area contributed by atoms with Crippen LogP contribution in [0.5, 0.6) is 11.5 Å². The van der Waals surface area contributed by atoms with Gasteiger partial charge < -0.3 is 25.4 Å². The number of amides is 2. The number of hydrogen-bond donors (Lipinski definition) is 3. The predicted molar refractivity (Wildman–Crippen MR) is 153 cm³/mol. The van der Waals surface area contributed by atoms with Gasteiger partial charge in [0.05, 0.1) is 5.60 Å². The molecule has 0 radical (unpaired) electrons. The van der Waals surface area contributed by atoms with Gasteiger partial charge >= 0.3 is 6.03 Å². The highest BCUT2D eigenvalue weighted by atomic mass is 16.5. The van der Waals surface area contributed by atoms with E-state index in [4.69, 9.17) is 4.74 Å². The highest BCUT2D eigenvalue weighted by molar-refractivity contribution is 5.74. The van der Waals surface area contributed by atoms with Gasteiger partial charge in [-0.2, -0.15) is 0 Å². The van der Waals surface area contributed by atoms with E-state index in [9.17, 15) is 9.90 Å². The summed E-state index contributed by atoms with van der Waals surface area (Å²) >= 11 is 0. The van der Waals surface area contributed by atoms with E-state index in [2.05, 4.69) is 24.5 Å². The van der Waals surface area contributed by atoms with E-state index in [1.165, 1.54) is 12.8 Å². The molecule has 0 aromatic heterocycles. The van der Waals surface area contributed by atoms with Crippen LogP contribution >= 0.6 is 0 Å². The van der Waals surface area contributed by atoms with E-state index >= 15 is 0 Å². The molecule has 3 atom stereocenters. The topological polar surface area (TPSA) is 73.8 Å². The lowest BCUT2D eigenvalue weighted by Gasteiger charge is -2.43. The number of carbonyl (C=O) groups excluding carboxylic acids is 1. The molecule has 2 amide bonds. The van der Waals surface area contributed by atoms with Crippen molar-refractivity contribution in [1.29, 1.82) is 0 Å². The van der Waals surface area contributed by atoms with Crippen molar-refractivity contribution in [2.45, 2.75) is 76.9 Å². The molecule has 0 bridgehead atoms. The summed E-state index contributed by atoms with van der Waals surface area (Å²) in [6.45, 7) is 6.37. The van der Waals surface area contributed by atoms with Crippen LogP contribution in [0.4, 0.5) is 4.79 Å². The maximum atomic E-state index is 13.4. The molecule has 1 saturated carbocycles. The van der Waals surface area contributed by atoms with Crippen molar-refractivity contribution in [3.8, 4) is 11.5 Å². The Labute approximate surface area is 229 Å². The van der Waals surface area contributed by atoms with Gasteiger partial charge in [-0.3, -0.25) is 0 Å². The summed E-state index contributed by atoms with van der Waals surface area (Å²) in [5.74, 6) is 2.70. The van der Waals surface area contributed by atoms with Crippen LogP contribution in [0, 0.1) is 17.8 Å². The number of aliphatic hydroxyl groups is 1. The Hall–Kier alpha value is -2.57. The first kappa shape index (κ1) is 28.4. The van der Waals surface area contributed by atoms with Crippen molar-refractivity contribution in [2.75, 3.05) is 26.7 Å². The highest BCUT2D eigenvalue weighted by Crippen LogP contribution is 2.45. The Balaban J connectivity index is 1.55. The number of piperidine rings is 1. The smallest absolute Gasteiger partial charge is 0.317 e. The number of hydrogen-bond acceptors (Lipinski definition) is 4. The van der Waals surface area contributed by atoms with Crippen molar-refractivity contribution in [3.05, 3.63) is 60.2 Å². The number of carbonyl (C=O) groups is 1. The Morgan fingerprint density at radius 3 is 2.55 bits per heavy atom. The minimum Gasteiger partial charge on any atom is -0.457 e. The quantitative estimate of drug-likeness (QED) is 0.289. The molecule has 1 aliphatic carbocycles. The summed E-state index contributed by atoms with van der Waals surface area (Å²) in [5.41, 5.74) is -0.235. The van der Waals surface area contributed by atoms with Gasteiger partial charge in [0.25, 0.3) is 0 Å². The molecule has 38 heavy (non-hydrogen) atoms. The zero-order chi connectivity index (χ0) is 27.0. The predicted octanol–water partition coefficient (Wildman–Crippen LogP) is 6.30. The first-order chi connectivity index (χ1) is 18.4. The van der Waals surface area contributed by atoms with Gasteiger partial charge in [0, 0.05) is 37.2 Å². The Kier molecular flexibility index (Phi) is 10.1. The fraction of sp³-hybridized carbons (Fsp3) is 0.594. The molecule has 6 heteroatoms. The molecule has 1 unspecified atom stereocenters. The summed E-state index contributed by atoms with van der Waals surface area (Å²) in [7, 11) is 1.92. The van der Waals surface area contributed by atoms with Crippen LogP contribution in [-0.2, 0) is 5.60 Å². The van der Waals surface area contributed by atoms with Gasteiger partial charge in [-0.05, 0) is 69.2 Å². The maximum absolute atomic E-state index is 13.4. The molecule has 6 nitrogen and oxygen atoms in total. The standard InChI is InChI=1S/C32H47N3O3/c1-24(2)21-27(22-33-3)34-31(36)35-20-10-12-26(23-35)32(37,19-9-11-25-17-18-25)29-15-7-8-16-30(29)38-28-13-5-4-6-14-28/h4-8,13-16,24-27,33,37H,9-12,17-23H2,1-3H3,(H,34,36)/t26-,27+,32?/m1/s1. The number of nitrogens with one attached hydrogen (secondary N) is 2. The van der Waals surface area contributed by atoms with Crippen LogP contribution in [0.1, 0.15) is 70.8 Å². The lowest BCUT2D eigenvalue weighted by Crippen LogP contribution is -2.54. The minimum absolute atomic E-state index is 0.0234. The summed E-state index contributed by atoms with van der Waals surface area (Å²) in [4.78, 5) is 15.3. The molecule has 1 heterocycles. The Morgan fingerprint density at radius 1 is 1.11 bits per heavy atom. The molecule has 2 aromatic carbocycles. The molecule has 2 aromatic rings. The molecule has 2 fully saturated rings. The third-order valence-electron chi connectivity index (χ3n) is 8.11. The first-order valence-corrected chi connectivity index (χ1v) is 14.6. The Morgan fingerprint density at radius 2 is 1.84 bits per heavy atom. The number of nitrogens with zero attached hydrogens (tertiary/aromatic N) is 1. The van der Waals surface area contributed by atoms with Crippen molar-refractivity contribution in [3.63, 3.8) is 0 Å². The number of urea groups is 1. The van der Waals surface area contributed by atoms with Crippen LogP contribution < -0.4 is 15.4 Å². The number of rotatable bonds is 13. The van der Waals surface area contributed by atoms with Crippen LogP contribution in [0.2, 0.25) is 0 Å². The van der Waals surface area contributed by atoms with Crippen molar-refractivity contribution in [2.24, 2.45) is 17.8 Å². The fourth-order valence-electron chi connectivity index (χ4n) is 5.98. The van der Waals surface area contributed by atoms with Gasteiger partial charge in [-0.15, -0.1) is 0 Å². The number of likely N-dealkylation sites (tertiary alicyclic amines) is 1. The van der Waals surface area contributed by atoms with Crippen LogP contribution in [-0.4, -0.2) is 48.8 Å². The number of para-hydroxylation sites is 2. The normalized spacial score (nSPS) is 20.1. The molecule has 1 aliphatic heterocycles. The second kappa shape index (κ2) is 13.5. The summed E-state index contributed by atoms with van der Waals surface area (Å²) in [6, 6.07) is 17.7. The summed E-state index contributed by atoms with van der Waals surface area (Å²) in [5, 5.41) is 19.0. The molecular formula is C32H47N3O3. The van der Waals surface area contributed by atoms with Gasteiger partial charge in [0.15, 0.2) is 0 Å². The molecule has 3 N–H and O–H groups in total. The first-order valence-electron chi connectivity index (χ1n) is 14.6. The van der Waals surface area contributed by atoms with E-state index in [0.717, 1.165) is 62.4 Å². The maximum Gasteiger partial charge on any atom is 0.317 e. The molecule has 4 rings (SSSR count). The second-order valence-corrected chi connectivity index (χ2v) is 11.8. The van der Waals surface area contributed by atoms with E-state index in [-0.39, 0.29) is 18.0 Å². The number of benzene rings is 2. The number of likely N-dealkylation sites (N-methyl/N-ethyl adjacent to an activating group) is 1. The molecule has 2 aliphatic rings. The van der Waals surface area contributed by atoms with Crippen LogP contribution in [0.25, 0.3) is 0 Å². The number of ether oxygens (including phenoxy) is 1. The summed E-state index contributed by atoms with van der Waals surface area (Å²) in [6.07, 6.45) is 8.12.